The minimum absolute atomic E-state index is 0.288. The fourth-order valence-corrected chi connectivity index (χ4v) is 3.55. The number of pyridine rings is 2. The molecule has 0 bridgehead atoms. The van der Waals surface area contributed by atoms with Gasteiger partial charge in [-0.3, -0.25) is 4.98 Å². The van der Waals surface area contributed by atoms with Gasteiger partial charge in [-0.1, -0.05) is 18.2 Å². The lowest BCUT2D eigenvalue weighted by atomic mass is 9.92. The van der Waals surface area contributed by atoms with Gasteiger partial charge >= 0.3 is 5.97 Å². The van der Waals surface area contributed by atoms with Crippen LogP contribution in [0.2, 0.25) is 0 Å². The van der Waals surface area contributed by atoms with Crippen LogP contribution < -0.4 is 0 Å². The molecule has 1 N–H and O–H groups in total. The summed E-state index contributed by atoms with van der Waals surface area (Å²) in [5.41, 5.74) is 4.04. The highest BCUT2D eigenvalue weighted by Gasteiger charge is 2.22. The quantitative estimate of drug-likeness (QED) is 0.488. The molecule has 0 spiro atoms. The molecular weight excluding hydrogens is 383 g/mol. The SMILES string of the molecule is CCn1ncc2c(-c3cccnc3C)c(C=CC(=O)O)c(-c3ccccc3F)nc21. The smallest absolute Gasteiger partial charge is 0.328 e. The standard InChI is InChI=1S/C23H19FN4O2/c1-3-28-23-18(13-26-28)21(15-8-6-12-25-14(15)2)17(10-11-20(29)30)22(27-23)16-7-4-5-9-19(16)24/h4-13H,3H2,1-2H3,(H,29,30). The molecule has 3 aromatic heterocycles. The number of aryl methyl sites for hydroxylation is 2. The Morgan fingerprint density at radius 1 is 1.20 bits per heavy atom. The van der Waals surface area contributed by atoms with Gasteiger partial charge in [-0.05, 0) is 38.1 Å². The molecule has 1 aromatic carbocycles. The third-order valence-corrected chi connectivity index (χ3v) is 4.92. The van der Waals surface area contributed by atoms with Gasteiger partial charge in [0.15, 0.2) is 5.65 Å². The second-order valence-electron chi connectivity index (χ2n) is 6.73. The third kappa shape index (κ3) is 3.34. The lowest BCUT2D eigenvalue weighted by molar-refractivity contribution is -0.131. The molecule has 0 unspecified atom stereocenters. The van der Waals surface area contributed by atoms with Crippen LogP contribution >= 0.6 is 0 Å². The minimum atomic E-state index is -1.10. The summed E-state index contributed by atoms with van der Waals surface area (Å²) in [6, 6.07) is 10.0. The van der Waals surface area contributed by atoms with Crippen molar-refractivity contribution in [2.24, 2.45) is 0 Å². The fourth-order valence-electron chi connectivity index (χ4n) is 3.55. The van der Waals surface area contributed by atoms with E-state index in [1.54, 1.807) is 35.3 Å². The Kier molecular flexibility index (Phi) is 5.10. The van der Waals surface area contributed by atoms with Crippen LogP contribution in [0.4, 0.5) is 4.39 Å². The van der Waals surface area contributed by atoms with Crippen molar-refractivity contribution in [2.45, 2.75) is 20.4 Å². The number of hydrogen-bond acceptors (Lipinski definition) is 4. The molecule has 0 radical (unpaired) electrons. The van der Waals surface area contributed by atoms with E-state index in [1.165, 1.54) is 12.1 Å². The molecular formula is C23H19FN4O2. The molecule has 6 nitrogen and oxygen atoms in total. The van der Waals surface area contributed by atoms with Crippen molar-refractivity contribution >= 4 is 23.1 Å². The Bertz CT molecular complexity index is 1290. The third-order valence-electron chi connectivity index (χ3n) is 4.92. The number of fused-ring (bicyclic) bond motifs is 1. The summed E-state index contributed by atoms with van der Waals surface area (Å²) in [4.78, 5) is 20.4. The molecule has 0 saturated carbocycles. The van der Waals surface area contributed by atoms with Crippen molar-refractivity contribution in [3.63, 3.8) is 0 Å². The Labute approximate surface area is 172 Å². The van der Waals surface area contributed by atoms with Gasteiger partial charge in [0.2, 0.25) is 0 Å². The second-order valence-corrected chi connectivity index (χ2v) is 6.73. The fraction of sp³-hybridized carbons (Fsp3) is 0.130. The van der Waals surface area contributed by atoms with Gasteiger partial charge in [0.1, 0.15) is 5.82 Å². The van der Waals surface area contributed by atoms with Gasteiger partial charge in [-0.25, -0.2) is 18.9 Å². The molecule has 4 aromatic rings. The van der Waals surface area contributed by atoms with Crippen LogP contribution in [0.1, 0.15) is 18.2 Å². The first-order valence-corrected chi connectivity index (χ1v) is 9.48. The van der Waals surface area contributed by atoms with E-state index >= 15 is 0 Å². The van der Waals surface area contributed by atoms with E-state index in [9.17, 15) is 14.3 Å². The maximum absolute atomic E-state index is 14.8. The average Bonchev–Trinajstić information content (AvgIpc) is 3.15. The zero-order chi connectivity index (χ0) is 21.3. The highest BCUT2D eigenvalue weighted by atomic mass is 19.1. The van der Waals surface area contributed by atoms with Crippen molar-refractivity contribution in [1.29, 1.82) is 0 Å². The predicted octanol–water partition coefficient (Wildman–Crippen LogP) is 4.73. The van der Waals surface area contributed by atoms with E-state index in [0.29, 0.717) is 23.4 Å². The number of carbonyl (C=O) groups is 1. The summed E-state index contributed by atoms with van der Waals surface area (Å²) in [7, 11) is 0. The van der Waals surface area contributed by atoms with Crippen molar-refractivity contribution in [1.82, 2.24) is 19.7 Å². The van der Waals surface area contributed by atoms with Crippen LogP contribution in [-0.4, -0.2) is 30.8 Å². The topological polar surface area (TPSA) is 80.9 Å². The maximum atomic E-state index is 14.8. The Hall–Kier alpha value is -3.87. The van der Waals surface area contributed by atoms with Gasteiger partial charge in [0, 0.05) is 52.2 Å². The van der Waals surface area contributed by atoms with Crippen LogP contribution in [0.5, 0.6) is 0 Å². The first-order valence-electron chi connectivity index (χ1n) is 9.48. The van der Waals surface area contributed by atoms with Gasteiger partial charge in [0.05, 0.1) is 11.9 Å². The van der Waals surface area contributed by atoms with Crippen molar-refractivity contribution in [3.8, 4) is 22.4 Å². The number of benzene rings is 1. The average molecular weight is 402 g/mol. The highest BCUT2D eigenvalue weighted by molar-refractivity contribution is 6.03. The molecule has 0 aliphatic carbocycles. The summed E-state index contributed by atoms with van der Waals surface area (Å²) in [6.07, 6.45) is 5.89. The van der Waals surface area contributed by atoms with Crippen LogP contribution in [0.25, 0.3) is 39.5 Å². The molecule has 3 heterocycles. The number of rotatable bonds is 5. The zero-order valence-corrected chi connectivity index (χ0v) is 16.5. The predicted molar refractivity (Wildman–Crippen MR) is 113 cm³/mol. The van der Waals surface area contributed by atoms with E-state index in [-0.39, 0.29) is 5.56 Å². The van der Waals surface area contributed by atoms with Crippen LogP contribution in [0.3, 0.4) is 0 Å². The minimum Gasteiger partial charge on any atom is -0.478 e. The monoisotopic (exact) mass is 402 g/mol. The van der Waals surface area contributed by atoms with Crippen molar-refractivity contribution < 1.29 is 14.3 Å². The van der Waals surface area contributed by atoms with Crippen molar-refractivity contribution in [2.75, 3.05) is 0 Å². The first-order chi connectivity index (χ1) is 14.5. The number of halogens is 1. The molecule has 0 atom stereocenters. The number of hydrogen-bond donors (Lipinski definition) is 1. The number of aromatic nitrogens is 4. The molecule has 0 aliphatic rings. The van der Waals surface area contributed by atoms with Crippen LogP contribution in [0.15, 0.2) is 54.9 Å². The molecule has 30 heavy (non-hydrogen) atoms. The number of carboxylic acid groups (broad SMARTS) is 1. The van der Waals surface area contributed by atoms with E-state index in [4.69, 9.17) is 4.98 Å². The highest BCUT2D eigenvalue weighted by Crippen LogP contribution is 2.39. The summed E-state index contributed by atoms with van der Waals surface area (Å²) in [6.45, 7) is 4.41. The number of carboxylic acids is 1. The Balaban J connectivity index is 2.20. The first kappa shape index (κ1) is 19.4. The van der Waals surface area contributed by atoms with Crippen molar-refractivity contribution in [3.05, 3.63) is 71.9 Å². The molecule has 4 rings (SSSR count). The molecule has 7 heteroatoms. The second kappa shape index (κ2) is 7.87. The van der Waals surface area contributed by atoms with Crippen LogP contribution in [0, 0.1) is 12.7 Å². The van der Waals surface area contributed by atoms with E-state index in [0.717, 1.165) is 28.3 Å². The number of aliphatic carboxylic acids is 1. The van der Waals surface area contributed by atoms with E-state index < -0.39 is 11.8 Å². The van der Waals surface area contributed by atoms with Gasteiger partial charge in [-0.15, -0.1) is 0 Å². The van der Waals surface area contributed by atoms with E-state index in [1.807, 2.05) is 26.0 Å². The van der Waals surface area contributed by atoms with Gasteiger partial charge in [0.25, 0.3) is 0 Å². The largest absolute Gasteiger partial charge is 0.478 e. The Morgan fingerprint density at radius 2 is 1.97 bits per heavy atom. The summed E-state index contributed by atoms with van der Waals surface area (Å²) in [5.74, 6) is -1.54. The zero-order valence-electron chi connectivity index (χ0n) is 16.5. The number of nitrogens with zero attached hydrogens (tertiary/aromatic N) is 4. The lowest BCUT2D eigenvalue weighted by Crippen LogP contribution is -2.02. The Morgan fingerprint density at radius 3 is 2.67 bits per heavy atom. The summed E-state index contributed by atoms with van der Waals surface area (Å²) < 4.78 is 16.5. The summed E-state index contributed by atoms with van der Waals surface area (Å²) in [5, 5.41) is 14.4. The molecule has 0 amide bonds. The van der Waals surface area contributed by atoms with Crippen LogP contribution in [-0.2, 0) is 11.3 Å². The lowest BCUT2D eigenvalue weighted by Gasteiger charge is -2.16. The molecule has 0 aliphatic heterocycles. The summed E-state index contributed by atoms with van der Waals surface area (Å²) >= 11 is 0. The van der Waals surface area contributed by atoms with E-state index in [2.05, 4.69) is 10.1 Å². The van der Waals surface area contributed by atoms with Gasteiger partial charge in [-0.2, -0.15) is 5.10 Å². The van der Waals surface area contributed by atoms with Gasteiger partial charge < -0.3 is 5.11 Å². The molecule has 0 saturated heterocycles. The normalized spacial score (nSPS) is 11.4. The maximum Gasteiger partial charge on any atom is 0.328 e. The molecule has 0 fully saturated rings. The molecule has 150 valence electrons.